The summed E-state index contributed by atoms with van der Waals surface area (Å²) in [5, 5.41) is 12.9. The number of hydrogen-bond donors (Lipinski definition) is 1. The zero-order valence-corrected chi connectivity index (χ0v) is 24.4. The Morgan fingerprint density at radius 1 is 1.00 bits per heavy atom. The summed E-state index contributed by atoms with van der Waals surface area (Å²) < 4.78 is 18.0. The third-order valence-electron chi connectivity index (χ3n) is 12.6. The molecule has 8 fully saturated rings. The first-order valence-corrected chi connectivity index (χ1v) is 15.6. The van der Waals surface area contributed by atoms with E-state index in [0.29, 0.717) is 18.4 Å². The molecular formula is C33H39NO8. The fourth-order valence-corrected chi connectivity index (χ4v) is 11.1. The molecule has 0 unspecified atom stereocenters. The van der Waals surface area contributed by atoms with Crippen LogP contribution in [-0.4, -0.2) is 64.4 Å². The average Bonchev–Trinajstić information content (AvgIpc) is 3.54. The van der Waals surface area contributed by atoms with E-state index in [0.717, 1.165) is 37.5 Å². The Hall–Kier alpha value is -2.94. The minimum absolute atomic E-state index is 0.0492. The van der Waals surface area contributed by atoms with Crippen molar-refractivity contribution in [3.05, 3.63) is 35.9 Å². The van der Waals surface area contributed by atoms with Gasteiger partial charge < -0.3 is 24.2 Å². The van der Waals surface area contributed by atoms with E-state index in [2.05, 4.69) is 0 Å². The normalized spacial score (nSPS) is 46.4. The molecular weight excluding hydrogens is 538 g/mol. The van der Waals surface area contributed by atoms with Gasteiger partial charge in [-0.15, -0.1) is 0 Å². The van der Waals surface area contributed by atoms with E-state index in [4.69, 9.17) is 14.2 Å². The average molecular weight is 578 g/mol. The molecule has 6 atom stereocenters. The molecule has 3 aliphatic heterocycles. The number of esters is 3. The van der Waals surface area contributed by atoms with Crippen LogP contribution in [0.3, 0.4) is 0 Å². The van der Waals surface area contributed by atoms with E-state index < -0.39 is 64.1 Å². The van der Waals surface area contributed by atoms with Crippen molar-refractivity contribution in [3.8, 4) is 0 Å². The summed E-state index contributed by atoms with van der Waals surface area (Å²) in [7, 11) is 0. The number of ether oxygens (including phenoxy) is 3. The van der Waals surface area contributed by atoms with Gasteiger partial charge in [0, 0.05) is 13.0 Å². The lowest BCUT2D eigenvalue weighted by Crippen LogP contribution is -2.66. The predicted octanol–water partition coefficient (Wildman–Crippen LogP) is 3.48. The number of rotatable bonds is 4. The van der Waals surface area contributed by atoms with Crippen molar-refractivity contribution in [2.24, 2.45) is 45.8 Å². The van der Waals surface area contributed by atoms with E-state index in [1.165, 1.54) is 6.42 Å². The Morgan fingerprint density at radius 3 is 2.26 bits per heavy atom. The maximum Gasteiger partial charge on any atom is 0.338 e. The van der Waals surface area contributed by atoms with Gasteiger partial charge in [-0.3, -0.25) is 14.4 Å². The Kier molecular flexibility index (Phi) is 5.31. The molecule has 0 aromatic heterocycles. The third-order valence-corrected chi connectivity index (χ3v) is 12.6. The Labute approximate surface area is 245 Å². The van der Waals surface area contributed by atoms with Crippen molar-refractivity contribution in [2.45, 2.75) is 89.8 Å². The molecule has 3 heterocycles. The number of hydrogen-bond acceptors (Lipinski definition) is 8. The lowest BCUT2D eigenvalue weighted by atomic mass is 9.51. The van der Waals surface area contributed by atoms with Gasteiger partial charge >= 0.3 is 17.9 Å². The predicted molar refractivity (Wildman–Crippen MR) is 146 cm³/mol. The first-order chi connectivity index (χ1) is 19.9. The molecule has 1 amide bonds. The molecule has 3 saturated heterocycles. The molecule has 224 valence electrons. The van der Waals surface area contributed by atoms with Crippen LogP contribution in [0.5, 0.6) is 0 Å². The molecule has 9 rings (SSSR count). The number of nitrogens with zero attached hydrogens (tertiary/aromatic N) is 1. The van der Waals surface area contributed by atoms with Crippen LogP contribution >= 0.6 is 0 Å². The molecule has 42 heavy (non-hydrogen) atoms. The van der Waals surface area contributed by atoms with Gasteiger partial charge in [-0.25, -0.2) is 4.79 Å². The molecule has 4 bridgehead atoms. The number of likely N-dealkylation sites (tertiary alicyclic amines) is 1. The first-order valence-electron chi connectivity index (χ1n) is 15.6. The number of carbonyl (C=O) groups excluding carboxylic acids is 4. The summed E-state index contributed by atoms with van der Waals surface area (Å²) in [6.45, 7) is 5.92. The van der Waals surface area contributed by atoms with Crippen LogP contribution in [0.1, 0.15) is 76.1 Å². The second-order valence-electron chi connectivity index (χ2n) is 15.3. The number of amides is 1. The second-order valence-corrected chi connectivity index (χ2v) is 15.3. The Morgan fingerprint density at radius 2 is 1.64 bits per heavy atom. The van der Waals surface area contributed by atoms with Crippen molar-refractivity contribution in [3.63, 3.8) is 0 Å². The van der Waals surface area contributed by atoms with Crippen LogP contribution in [0.2, 0.25) is 0 Å². The SMILES string of the molecule is CC(C)(C)[C@]1(O)C[C@@H]2OC(=O)C[C@@]23C(=O)O[C@@H]2N(CC4C5CC6CC(C5)CC4C6)C(=O)[C@@H](OC(=O)c4ccccc4)[C@]213. The number of benzene rings is 1. The van der Waals surface area contributed by atoms with Crippen molar-refractivity contribution < 1.29 is 38.5 Å². The quantitative estimate of drug-likeness (QED) is 0.427. The van der Waals surface area contributed by atoms with Gasteiger partial charge in [-0.2, -0.15) is 0 Å². The fourth-order valence-electron chi connectivity index (χ4n) is 11.1. The van der Waals surface area contributed by atoms with Gasteiger partial charge in [0.2, 0.25) is 0 Å². The summed E-state index contributed by atoms with van der Waals surface area (Å²) in [6.07, 6.45) is 1.86. The highest BCUT2D eigenvalue weighted by Crippen LogP contribution is 2.76. The van der Waals surface area contributed by atoms with E-state index in [1.54, 1.807) is 35.2 Å². The van der Waals surface area contributed by atoms with Gasteiger partial charge in [-0.1, -0.05) is 39.0 Å². The molecule has 5 aliphatic carbocycles. The standard InChI is InChI=1S/C33H39NO8/c1-30(2,3)32(39)14-23-31(15-24(35)40-23)29(38)42-28-33(31,32)25(41-27(37)19-7-5-4-6-8-19)26(36)34(28)16-22-20-10-17-9-18(12-20)13-21(22)11-17/h4-8,17-18,20-23,25,28,39H,9-16H2,1-3H3/t17?,18?,20?,21?,22?,23-,25+,28-,31-,32+,33+/m0/s1. The third kappa shape index (κ3) is 3.03. The molecule has 0 radical (unpaired) electrons. The van der Waals surface area contributed by atoms with Gasteiger partial charge in [0.05, 0.1) is 17.6 Å². The lowest BCUT2D eigenvalue weighted by Gasteiger charge is -2.55. The van der Waals surface area contributed by atoms with Crippen LogP contribution < -0.4 is 0 Å². The molecule has 2 spiro atoms. The first kappa shape index (κ1) is 26.7. The molecule has 1 N–H and O–H groups in total. The number of aliphatic hydroxyl groups is 1. The second kappa shape index (κ2) is 8.36. The topological polar surface area (TPSA) is 119 Å². The monoisotopic (exact) mass is 577 g/mol. The molecule has 8 aliphatic rings. The zero-order chi connectivity index (χ0) is 29.4. The van der Waals surface area contributed by atoms with E-state index >= 15 is 0 Å². The van der Waals surface area contributed by atoms with Crippen LogP contribution in [0.15, 0.2) is 30.3 Å². The Bertz CT molecular complexity index is 1360. The van der Waals surface area contributed by atoms with E-state index in [-0.39, 0.29) is 24.3 Å². The van der Waals surface area contributed by atoms with Gasteiger partial charge in [0.1, 0.15) is 16.9 Å². The summed E-state index contributed by atoms with van der Waals surface area (Å²) in [5.41, 5.74) is -5.74. The highest BCUT2D eigenvalue weighted by atomic mass is 16.6. The van der Waals surface area contributed by atoms with Crippen molar-refractivity contribution in [1.82, 2.24) is 4.90 Å². The highest BCUT2D eigenvalue weighted by molar-refractivity contribution is 5.99. The van der Waals surface area contributed by atoms with Crippen LogP contribution in [0.25, 0.3) is 0 Å². The van der Waals surface area contributed by atoms with E-state index in [9.17, 15) is 24.3 Å². The molecule has 5 saturated carbocycles. The molecule has 1 aromatic carbocycles. The maximum absolute atomic E-state index is 14.7. The maximum atomic E-state index is 14.7. The molecule has 9 heteroatoms. The fraction of sp³-hybridized carbons (Fsp3) is 0.697. The highest BCUT2D eigenvalue weighted by Gasteiger charge is 2.93. The molecule has 9 nitrogen and oxygen atoms in total. The lowest BCUT2D eigenvalue weighted by molar-refractivity contribution is -0.213. The van der Waals surface area contributed by atoms with E-state index in [1.807, 2.05) is 20.8 Å². The van der Waals surface area contributed by atoms with Crippen molar-refractivity contribution in [2.75, 3.05) is 6.54 Å². The van der Waals surface area contributed by atoms with Crippen LogP contribution in [0.4, 0.5) is 0 Å². The van der Waals surface area contributed by atoms with Crippen LogP contribution in [-0.2, 0) is 28.6 Å². The Balaban J connectivity index is 1.27. The van der Waals surface area contributed by atoms with Gasteiger partial charge in [0.25, 0.3) is 5.91 Å². The van der Waals surface area contributed by atoms with Gasteiger partial charge in [-0.05, 0) is 79.2 Å². The summed E-state index contributed by atoms with van der Waals surface area (Å²) in [5.74, 6) is 0.316. The summed E-state index contributed by atoms with van der Waals surface area (Å²) in [4.78, 5) is 56.9. The smallest absolute Gasteiger partial charge is 0.338 e. The van der Waals surface area contributed by atoms with Crippen LogP contribution in [0, 0.1) is 45.8 Å². The largest absolute Gasteiger partial charge is 0.461 e. The molecule has 1 aromatic rings. The zero-order valence-electron chi connectivity index (χ0n) is 24.4. The number of carbonyl (C=O) groups is 4. The minimum Gasteiger partial charge on any atom is -0.461 e. The minimum atomic E-state index is -1.74. The van der Waals surface area contributed by atoms with Crippen molar-refractivity contribution in [1.29, 1.82) is 0 Å². The summed E-state index contributed by atoms with van der Waals surface area (Å²) in [6, 6.07) is 8.39. The summed E-state index contributed by atoms with van der Waals surface area (Å²) >= 11 is 0. The van der Waals surface area contributed by atoms with Gasteiger partial charge in [0.15, 0.2) is 12.3 Å². The van der Waals surface area contributed by atoms with Crippen molar-refractivity contribution >= 4 is 23.8 Å².